The summed E-state index contributed by atoms with van der Waals surface area (Å²) in [6.45, 7) is -1.25. The van der Waals surface area contributed by atoms with Gasteiger partial charge in [0.2, 0.25) is 0 Å². The van der Waals surface area contributed by atoms with Crippen LogP contribution in [-0.2, 0) is 35.6 Å². The number of halogens is 9. The predicted octanol–water partition coefficient (Wildman–Crippen LogP) is 5.92. The summed E-state index contributed by atoms with van der Waals surface area (Å²) in [5.74, 6) is -1.43. The topological polar surface area (TPSA) is 106 Å². The number of fused-ring (bicyclic) bond motifs is 1. The van der Waals surface area contributed by atoms with Crippen molar-refractivity contribution in [2.24, 2.45) is 7.05 Å². The number of ether oxygens (including phenoxy) is 1. The summed E-state index contributed by atoms with van der Waals surface area (Å²) in [5.41, 5.74) is -5.34. The maximum atomic E-state index is 13.8. The molecule has 0 aliphatic carbocycles. The fraction of sp³-hybridized carbons (Fsp3) is 0.250. The average molecular weight is 694 g/mol. The van der Waals surface area contributed by atoms with E-state index in [9.17, 15) is 52.7 Å². The van der Waals surface area contributed by atoms with Crippen molar-refractivity contribution in [3.05, 3.63) is 89.4 Å². The molecule has 0 bridgehead atoms. The third-order valence-electron chi connectivity index (χ3n) is 6.81. The first-order valence-corrected chi connectivity index (χ1v) is 14.6. The van der Waals surface area contributed by atoms with Gasteiger partial charge in [-0.05, 0) is 48.5 Å². The summed E-state index contributed by atoms with van der Waals surface area (Å²) in [6.07, 6.45) is -15.2. The first-order chi connectivity index (χ1) is 21.7. The summed E-state index contributed by atoms with van der Waals surface area (Å²) in [6, 6.07) is 9.36. The number of hydrogen-bond donors (Lipinski definition) is 1. The number of amides is 1. The molecule has 47 heavy (non-hydrogen) atoms. The highest BCUT2D eigenvalue weighted by atomic mass is 32.2. The molecule has 1 N–H and O–H groups in total. The lowest BCUT2D eigenvalue weighted by Gasteiger charge is -2.36. The molecule has 5 rings (SSSR count). The largest absolute Gasteiger partial charge is 0.484 e. The summed E-state index contributed by atoms with van der Waals surface area (Å²) >= 11 is 0. The van der Waals surface area contributed by atoms with Crippen LogP contribution in [0.25, 0.3) is 11.3 Å². The number of nitrogens with zero attached hydrogens (tertiary/aromatic N) is 4. The minimum absolute atomic E-state index is 0.00861. The highest BCUT2D eigenvalue weighted by molar-refractivity contribution is 7.92. The van der Waals surface area contributed by atoms with Crippen LogP contribution in [0, 0.1) is 0 Å². The fourth-order valence-corrected chi connectivity index (χ4v) is 6.23. The number of rotatable bonds is 6. The lowest BCUT2D eigenvalue weighted by atomic mass is 10.1. The van der Waals surface area contributed by atoms with E-state index >= 15 is 0 Å². The highest BCUT2D eigenvalue weighted by Crippen LogP contribution is 2.41. The molecule has 0 radical (unpaired) electrons. The Morgan fingerprint density at radius 3 is 2.30 bits per heavy atom. The number of aryl methyl sites for hydroxylation is 1. The Hall–Kier alpha value is -4.81. The Kier molecular flexibility index (Phi) is 8.40. The van der Waals surface area contributed by atoms with Crippen LogP contribution in [0.15, 0.2) is 71.8 Å². The van der Waals surface area contributed by atoms with Gasteiger partial charge in [0, 0.05) is 18.8 Å². The molecule has 2 aromatic heterocycles. The van der Waals surface area contributed by atoms with Crippen molar-refractivity contribution in [2.45, 2.75) is 29.5 Å². The van der Waals surface area contributed by atoms with Gasteiger partial charge in [0.05, 0.1) is 40.5 Å². The summed E-state index contributed by atoms with van der Waals surface area (Å²) < 4.78 is 155. The number of pyridine rings is 1. The van der Waals surface area contributed by atoms with Crippen LogP contribution in [0.4, 0.5) is 45.2 Å². The third kappa shape index (κ3) is 6.98. The van der Waals surface area contributed by atoms with E-state index < -0.39 is 81.1 Å². The van der Waals surface area contributed by atoms with Crippen LogP contribution < -0.4 is 14.4 Å². The Bertz CT molecular complexity index is 1940. The van der Waals surface area contributed by atoms with Gasteiger partial charge in [-0.1, -0.05) is 12.1 Å². The number of nitrogens with one attached hydrogen (secondary N) is 1. The zero-order chi connectivity index (χ0) is 34.5. The molecule has 2 aromatic carbocycles. The molecule has 0 saturated heterocycles. The number of benzene rings is 2. The van der Waals surface area contributed by atoms with Gasteiger partial charge in [-0.3, -0.25) is 13.8 Å². The smallest absolute Gasteiger partial charge is 0.435 e. The lowest BCUT2D eigenvalue weighted by molar-refractivity contribution is -0.142. The summed E-state index contributed by atoms with van der Waals surface area (Å²) in [7, 11) is -3.70. The van der Waals surface area contributed by atoms with Gasteiger partial charge in [-0.25, -0.2) is 13.4 Å². The van der Waals surface area contributed by atoms with Crippen molar-refractivity contribution in [3.8, 4) is 17.0 Å². The number of hydrogen-bond acceptors (Lipinski definition) is 6. The first-order valence-electron chi connectivity index (χ1n) is 13.2. The number of alkyl halides is 9. The molecular formula is C28H20F9N5O4S. The standard InChI is InChI=1S/C28H20F9N5O4S/c1-41-14-19(24(40-41)28(35,36)37)25(43)38-12-17-13-42(47(44,45)18-5-2-4-16(11-18)26(29,30)31)21-10-15(8-9-22(21)46-17)20-6-3-7-23(39-20)27(32,33)34/h2-11,14,17H,12-13H2,1H3,(H,38,43)/t17-/m0/s1. The van der Waals surface area contributed by atoms with E-state index in [-0.39, 0.29) is 22.7 Å². The molecule has 0 fully saturated rings. The maximum absolute atomic E-state index is 13.8. The van der Waals surface area contributed by atoms with E-state index in [0.717, 1.165) is 48.3 Å². The molecule has 0 spiro atoms. The Balaban J connectivity index is 1.53. The second-order valence-electron chi connectivity index (χ2n) is 10.2. The molecule has 0 saturated carbocycles. The number of aromatic nitrogens is 3. The van der Waals surface area contributed by atoms with Gasteiger partial charge in [-0.15, -0.1) is 0 Å². The quantitative estimate of drug-likeness (QED) is 0.251. The van der Waals surface area contributed by atoms with E-state index in [0.29, 0.717) is 16.4 Å². The van der Waals surface area contributed by atoms with Crippen LogP contribution in [0.5, 0.6) is 5.75 Å². The molecule has 4 aromatic rings. The highest BCUT2D eigenvalue weighted by Gasteiger charge is 2.40. The van der Waals surface area contributed by atoms with E-state index in [1.165, 1.54) is 18.2 Å². The van der Waals surface area contributed by atoms with Crippen molar-refractivity contribution < 1.29 is 57.5 Å². The maximum Gasteiger partial charge on any atom is 0.435 e. The molecule has 1 aliphatic rings. The van der Waals surface area contributed by atoms with Crippen molar-refractivity contribution >= 4 is 21.6 Å². The van der Waals surface area contributed by atoms with Crippen LogP contribution >= 0.6 is 0 Å². The molecule has 19 heteroatoms. The van der Waals surface area contributed by atoms with Crippen molar-refractivity contribution in [1.82, 2.24) is 20.1 Å². The Morgan fingerprint density at radius 1 is 0.936 bits per heavy atom. The molecule has 1 aliphatic heterocycles. The van der Waals surface area contributed by atoms with Crippen LogP contribution in [0.3, 0.4) is 0 Å². The van der Waals surface area contributed by atoms with E-state index in [2.05, 4.69) is 15.4 Å². The van der Waals surface area contributed by atoms with Crippen LogP contribution in [0.1, 0.15) is 27.3 Å². The third-order valence-corrected chi connectivity index (χ3v) is 8.58. The molecule has 0 unspecified atom stereocenters. The number of sulfonamides is 1. The Morgan fingerprint density at radius 2 is 1.64 bits per heavy atom. The molecule has 1 amide bonds. The molecule has 3 heterocycles. The summed E-state index contributed by atoms with van der Waals surface area (Å²) in [4.78, 5) is 15.5. The molecule has 9 nitrogen and oxygen atoms in total. The number of carbonyl (C=O) groups is 1. The minimum atomic E-state index is -4.98. The van der Waals surface area contributed by atoms with Crippen molar-refractivity contribution in [3.63, 3.8) is 0 Å². The van der Waals surface area contributed by atoms with Crippen LogP contribution in [0.2, 0.25) is 0 Å². The van der Waals surface area contributed by atoms with Gasteiger partial charge in [0.1, 0.15) is 17.5 Å². The van der Waals surface area contributed by atoms with Gasteiger partial charge in [0.25, 0.3) is 15.9 Å². The monoisotopic (exact) mass is 693 g/mol. The minimum Gasteiger partial charge on any atom is -0.484 e. The summed E-state index contributed by atoms with van der Waals surface area (Å²) in [5, 5.41) is 5.47. The van der Waals surface area contributed by atoms with E-state index in [1.54, 1.807) is 0 Å². The van der Waals surface area contributed by atoms with E-state index in [1.807, 2.05) is 0 Å². The zero-order valence-corrected chi connectivity index (χ0v) is 24.4. The van der Waals surface area contributed by atoms with E-state index in [4.69, 9.17) is 4.74 Å². The predicted molar refractivity (Wildman–Crippen MR) is 146 cm³/mol. The van der Waals surface area contributed by atoms with Gasteiger partial charge in [0.15, 0.2) is 5.69 Å². The average Bonchev–Trinajstić information content (AvgIpc) is 3.41. The van der Waals surface area contributed by atoms with Crippen LogP contribution in [-0.4, -0.2) is 48.3 Å². The Labute approximate surface area is 259 Å². The van der Waals surface area contributed by atoms with Gasteiger partial charge >= 0.3 is 18.5 Å². The van der Waals surface area contributed by atoms with Gasteiger partial charge < -0.3 is 10.1 Å². The zero-order valence-electron chi connectivity index (χ0n) is 23.6. The number of carbonyl (C=O) groups excluding carboxylic acids is 1. The first kappa shape index (κ1) is 33.6. The molecule has 1 atom stereocenters. The fourth-order valence-electron chi connectivity index (χ4n) is 4.68. The SMILES string of the molecule is Cn1cc(C(=O)NC[C@H]2CN(S(=O)(=O)c3cccc(C(F)(F)F)c3)c3cc(-c4cccc(C(F)(F)F)n4)ccc3O2)c(C(F)(F)F)n1. The molecular weight excluding hydrogens is 673 g/mol. The normalized spacial score (nSPS) is 15.6. The second-order valence-corrected chi connectivity index (χ2v) is 12.0. The van der Waals surface area contributed by atoms with Crippen molar-refractivity contribution in [1.29, 1.82) is 0 Å². The lowest BCUT2D eigenvalue weighted by Crippen LogP contribution is -2.48. The second kappa shape index (κ2) is 11.8. The molecule has 250 valence electrons. The van der Waals surface area contributed by atoms with Crippen molar-refractivity contribution in [2.75, 3.05) is 17.4 Å². The number of anilines is 1. The van der Waals surface area contributed by atoms with Gasteiger partial charge in [-0.2, -0.15) is 44.6 Å².